The molecular weight excluding hydrogens is 232 g/mol. The molecule has 0 bridgehead atoms. The Morgan fingerprint density at radius 1 is 1.56 bits per heavy atom. The fourth-order valence-electron chi connectivity index (χ4n) is 1.94. The van der Waals surface area contributed by atoms with Gasteiger partial charge in [-0.2, -0.15) is 0 Å². The molecule has 2 aromatic rings. The smallest absolute Gasteiger partial charge is 0.276 e. The molecule has 0 aromatic carbocycles. The van der Waals surface area contributed by atoms with E-state index in [9.17, 15) is 4.79 Å². The minimum Gasteiger partial charge on any atom is -0.467 e. The lowest BCUT2D eigenvalue weighted by atomic mass is 10.3. The molecule has 0 spiro atoms. The van der Waals surface area contributed by atoms with Crippen molar-refractivity contribution in [2.45, 2.75) is 32.4 Å². The van der Waals surface area contributed by atoms with Crippen molar-refractivity contribution >= 4 is 5.91 Å². The van der Waals surface area contributed by atoms with Crippen molar-refractivity contribution in [1.82, 2.24) is 10.1 Å². The van der Waals surface area contributed by atoms with Gasteiger partial charge in [-0.1, -0.05) is 5.16 Å². The van der Waals surface area contributed by atoms with Crippen LogP contribution in [0.3, 0.4) is 0 Å². The molecule has 5 heteroatoms. The molecule has 1 saturated carbocycles. The number of hydrogen-bond acceptors (Lipinski definition) is 4. The Balaban J connectivity index is 1.79. The topological polar surface area (TPSA) is 59.5 Å². The van der Waals surface area contributed by atoms with Crippen molar-refractivity contribution in [1.29, 1.82) is 0 Å². The van der Waals surface area contributed by atoms with Gasteiger partial charge in [0, 0.05) is 12.1 Å². The maximum absolute atomic E-state index is 12.3. The van der Waals surface area contributed by atoms with Crippen molar-refractivity contribution in [2.75, 3.05) is 0 Å². The summed E-state index contributed by atoms with van der Waals surface area (Å²) in [5.41, 5.74) is 0.367. The van der Waals surface area contributed by atoms with Crippen molar-refractivity contribution in [2.24, 2.45) is 0 Å². The number of aromatic nitrogens is 1. The highest BCUT2D eigenvalue weighted by molar-refractivity contribution is 5.92. The normalized spacial score (nSPS) is 14.7. The Kier molecular flexibility index (Phi) is 2.66. The van der Waals surface area contributed by atoms with Crippen molar-refractivity contribution in [3.05, 3.63) is 41.7 Å². The summed E-state index contributed by atoms with van der Waals surface area (Å²) in [6.07, 6.45) is 3.71. The van der Waals surface area contributed by atoms with Crippen LogP contribution in [-0.2, 0) is 6.54 Å². The first-order valence-corrected chi connectivity index (χ1v) is 6.01. The van der Waals surface area contributed by atoms with Gasteiger partial charge < -0.3 is 13.8 Å². The third-order valence-corrected chi connectivity index (χ3v) is 3.00. The molecule has 0 unspecified atom stereocenters. The quantitative estimate of drug-likeness (QED) is 0.831. The lowest BCUT2D eigenvalue weighted by molar-refractivity contribution is 0.0707. The number of furan rings is 1. The summed E-state index contributed by atoms with van der Waals surface area (Å²) in [5.74, 6) is 1.34. The van der Waals surface area contributed by atoms with Gasteiger partial charge in [-0.25, -0.2) is 0 Å². The molecule has 94 valence electrons. The molecule has 0 aliphatic heterocycles. The maximum Gasteiger partial charge on any atom is 0.276 e. The van der Waals surface area contributed by atoms with E-state index in [0.29, 0.717) is 24.0 Å². The van der Waals surface area contributed by atoms with Crippen molar-refractivity contribution in [3.63, 3.8) is 0 Å². The minimum absolute atomic E-state index is 0.0919. The number of carbonyl (C=O) groups is 1. The van der Waals surface area contributed by atoms with Crippen LogP contribution in [0.15, 0.2) is 33.4 Å². The van der Waals surface area contributed by atoms with Gasteiger partial charge >= 0.3 is 0 Å². The Bertz CT molecular complexity index is 540. The first kappa shape index (κ1) is 11.1. The molecule has 3 rings (SSSR count). The van der Waals surface area contributed by atoms with E-state index in [1.165, 1.54) is 0 Å². The SMILES string of the molecule is Cc1cc(C(=O)N(Cc2ccco2)C2CC2)no1. The van der Waals surface area contributed by atoms with E-state index >= 15 is 0 Å². The van der Waals surface area contributed by atoms with Crippen LogP contribution in [0.5, 0.6) is 0 Å². The molecular formula is C13H14N2O3. The second-order valence-corrected chi connectivity index (χ2v) is 4.57. The minimum atomic E-state index is -0.0919. The van der Waals surface area contributed by atoms with Gasteiger partial charge in [0.15, 0.2) is 5.69 Å². The van der Waals surface area contributed by atoms with Gasteiger partial charge in [0.1, 0.15) is 11.5 Å². The summed E-state index contributed by atoms with van der Waals surface area (Å²) in [5, 5.41) is 3.78. The van der Waals surface area contributed by atoms with E-state index in [-0.39, 0.29) is 5.91 Å². The summed E-state index contributed by atoms with van der Waals surface area (Å²) in [6.45, 7) is 2.26. The monoisotopic (exact) mass is 246 g/mol. The number of aryl methyl sites for hydroxylation is 1. The number of amides is 1. The lowest BCUT2D eigenvalue weighted by Gasteiger charge is -2.19. The average molecular weight is 246 g/mol. The highest BCUT2D eigenvalue weighted by Gasteiger charge is 2.34. The molecule has 0 radical (unpaired) electrons. The van der Waals surface area contributed by atoms with Crippen molar-refractivity contribution < 1.29 is 13.7 Å². The molecule has 5 nitrogen and oxygen atoms in total. The fourth-order valence-corrected chi connectivity index (χ4v) is 1.94. The van der Waals surface area contributed by atoms with Crippen molar-refractivity contribution in [3.8, 4) is 0 Å². The van der Waals surface area contributed by atoms with E-state index in [4.69, 9.17) is 8.94 Å². The second kappa shape index (κ2) is 4.33. The molecule has 1 aliphatic carbocycles. The number of rotatable bonds is 4. The summed E-state index contributed by atoms with van der Waals surface area (Å²) < 4.78 is 10.2. The molecule has 0 N–H and O–H groups in total. The van der Waals surface area contributed by atoms with E-state index in [1.54, 1.807) is 24.2 Å². The van der Waals surface area contributed by atoms with Gasteiger partial charge in [0.05, 0.1) is 12.8 Å². The van der Waals surface area contributed by atoms with Gasteiger partial charge in [0.25, 0.3) is 5.91 Å². The highest BCUT2D eigenvalue weighted by Crippen LogP contribution is 2.29. The maximum atomic E-state index is 12.3. The van der Waals surface area contributed by atoms with Crippen LogP contribution in [0.25, 0.3) is 0 Å². The Labute approximate surface area is 104 Å². The molecule has 2 heterocycles. The third-order valence-electron chi connectivity index (χ3n) is 3.00. The standard InChI is InChI=1S/C13H14N2O3/c1-9-7-12(14-18-9)13(16)15(10-4-5-10)8-11-3-2-6-17-11/h2-3,6-7,10H,4-5,8H2,1H3. The zero-order chi connectivity index (χ0) is 12.5. The Morgan fingerprint density at radius 3 is 2.94 bits per heavy atom. The van der Waals surface area contributed by atoms with Gasteiger partial charge in [-0.3, -0.25) is 4.79 Å². The van der Waals surface area contributed by atoms with E-state index in [0.717, 1.165) is 18.6 Å². The zero-order valence-electron chi connectivity index (χ0n) is 10.1. The first-order valence-electron chi connectivity index (χ1n) is 6.01. The molecule has 1 aliphatic rings. The van der Waals surface area contributed by atoms with Gasteiger partial charge in [-0.15, -0.1) is 0 Å². The average Bonchev–Trinajstić information content (AvgIpc) is 2.88. The summed E-state index contributed by atoms with van der Waals surface area (Å²) >= 11 is 0. The second-order valence-electron chi connectivity index (χ2n) is 4.57. The number of hydrogen-bond donors (Lipinski definition) is 0. The van der Waals surface area contributed by atoms with Crippen LogP contribution in [0, 0.1) is 6.92 Å². The first-order chi connectivity index (χ1) is 8.74. The van der Waals surface area contributed by atoms with E-state index in [1.807, 2.05) is 12.1 Å². The summed E-state index contributed by atoms with van der Waals surface area (Å²) in [4.78, 5) is 14.1. The number of nitrogens with zero attached hydrogens (tertiary/aromatic N) is 2. The summed E-state index contributed by atoms with van der Waals surface area (Å²) in [6, 6.07) is 5.67. The van der Waals surface area contributed by atoms with Crippen LogP contribution in [0.4, 0.5) is 0 Å². The van der Waals surface area contributed by atoms with Crippen LogP contribution in [0.2, 0.25) is 0 Å². The van der Waals surface area contributed by atoms with Crippen LogP contribution < -0.4 is 0 Å². The molecule has 0 saturated heterocycles. The molecule has 1 amide bonds. The molecule has 2 aromatic heterocycles. The zero-order valence-corrected chi connectivity index (χ0v) is 10.1. The Hall–Kier alpha value is -2.04. The molecule has 0 atom stereocenters. The largest absolute Gasteiger partial charge is 0.467 e. The van der Waals surface area contributed by atoms with Gasteiger partial charge in [-0.05, 0) is 31.9 Å². The predicted octanol–water partition coefficient (Wildman–Crippen LogP) is 2.38. The van der Waals surface area contributed by atoms with Gasteiger partial charge in [0.2, 0.25) is 0 Å². The van der Waals surface area contributed by atoms with Crippen LogP contribution >= 0.6 is 0 Å². The summed E-state index contributed by atoms with van der Waals surface area (Å²) in [7, 11) is 0. The third kappa shape index (κ3) is 2.16. The number of carbonyl (C=O) groups excluding carboxylic acids is 1. The van der Waals surface area contributed by atoms with Crippen LogP contribution in [-0.4, -0.2) is 22.0 Å². The fraction of sp³-hybridized carbons (Fsp3) is 0.385. The molecule has 1 fully saturated rings. The van der Waals surface area contributed by atoms with E-state index in [2.05, 4.69) is 5.16 Å². The molecule has 18 heavy (non-hydrogen) atoms. The highest BCUT2D eigenvalue weighted by atomic mass is 16.5. The lowest BCUT2D eigenvalue weighted by Crippen LogP contribution is -2.32. The van der Waals surface area contributed by atoms with E-state index < -0.39 is 0 Å². The Morgan fingerprint density at radius 2 is 2.39 bits per heavy atom. The predicted molar refractivity (Wildman–Crippen MR) is 62.8 cm³/mol. The van der Waals surface area contributed by atoms with Crippen LogP contribution in [0.1, 0.15) is 34.9 Å².